The number of carbonyl (C=O) groups is 1. The molecule has 32 heavy (non-hydrogen) atoms. The number of hydrogen-bond donors (Lipinski definition) is 0. The van der Waals surface area contributed by atoms with Gasteiger partial charge in [-0.15, -0.1) is 0 Å². The lowest BCUT2D eigenvalue weighted by molar-refractivity contribution is 0.147. The van der Waals surface area contributed by atoms with Crippen molar-refractivity contribution >= 4 is 6.16 Å². The number of aryl methyl sites for hydroxylation is 4. The number of aromatic nitrogens is 2. The molecule has 2 heterocycles. The van der Waals surface area contributed by atoms with Crippen molar-refractivity contribution in [3.8, 4) is 11.8 Å². The van der Waals surface area contributed by atoms with Crippen molar-refractivity contribution in [2.24, 2.45) is 0 Å². The van der Waals surface area contributed by atoms with Crippen LogP contribution in [0.5, 0.6) is 11.8 Å². The molecular weight excluding hydrogens is 400 g/mol. The zero-order chi connectivity index (χ0) is 22.0. The van der Waals surface area contributed by atoms with Gasteiger partial charge in [-0.05, 0) is 48.9 Å². The second-order valence-electron chi connectivity index (χ2n) is 7.36. The third kappa shape index (κ3) is 6.01. The van der Waals surface area contributed by atoms with E-state index < -0.39 is 6.16 Å². The quantitative estimate of drug-likeness (QED) is 0.343. The van der Waals surface area contributed by atoms with Crippen LogP contribution < -0.4 is 9.47 Å². The predicted molar refractivity (Wildman–Crippen MR) is 123 cm³/mol. The van der Waals surface area contributed by atoms with Crippen LogP contribution in [0.4, 0.5) is 4.79 Å². The zero-order valence-electron chi connectivity index (χ0n) is 17.7. The summed E-state index contributed by atoms with van der Waals surface area (Å²) in [7, 11) is 0. The molecule has 0 saturated heterocycles. The van der Waals surface area contributed by atoms with E-state index in [9.17, 15) is 4.79 Å². The highest BCUT2D eigenvalue weighted by Crippen LogP contribution is 2.21. The minimum atomic E-state index is -0.843. The number of hydrogen-bond acceptors (Lipinski definition) is 5. The summed E-state index contributed by atoms with van der Waals surface area (Å²) in [6, 6.07) is 27.8. The van der Waals surface area contributed by atoms with E-state index in [0.29, 0.717) is 12.8 Å². The molecule has 0 saturated carbocycles. The average Bonchev–Trinajstić information content (AvgIpc) is 2.84. The predicted octanol–water partition coefficient (Wildman–Crippen LogP) is 5.62. The van der Waals surface area contributed by atoms with Gasteiger partial charge in [0.25, 0.3) is 0 Å². The molecule has 4 aromatic rings. The van der Waals surface area contributed by atoms with Gasteiger partial charge in [0.15, 0.2) is 0 Å². The summed E-state index contributed by atoms with van der Waals surface area (Å²) < 4.78 is 10.9. The Kier molecular flexibility index (Phi) is 7.21. The van der Waals surface area contributed by atoms with Crippen LogP contribution in [0.2, 0.25) is 0 Å². The summed E-state index contributed by atoms with van der Waals surface area (Å²) in [6.07, 6.45) is 5.40. The SMILES string of the molecule is O=C(Oc1ncccc1CCc1ccccc1)Oc1ncccc1CCc1ccccc1. The van der Waals surface area contributed by atoms with Crippen LogP contribution >= 0.6 is 0 Å². The topological polar surface area (TPSA) is 61.3 Å². The van der Waals surface area contributed by atoms with Crippen molar-refractivity contribution in [2.45, 2.75) is 25.7 Å². The van der Waals surface area contributed by atoms with E-state index in [1.165, 1.54) is 11.1 Å². The van der Waals surface area contributed by atoms with E-state index in [0.717, 1.165) is 24.0 Å². The van der Waals surface area contributed by atoms with E-state index in [1.807, 2.05) is 60.7 Å². The highest BCUT2D eigenvalue weighted by atomic mass is 16.7. The molecule has 0 atom stereocenters. The lowest BCUT2D eigenvalue weighted by Crippen LogP contribution is -2.17. The highest BCUT2D eigenvalue weighted by molar-refractivity contribution is 5.66. The fraction of sp³-hybridized carbons (Fsp3) is 0.148. The number of ether oxygens (including phenoxy) is 2. The second kappa shape index (κ2) is 10.9. The lowest BCUT2D eigenvalue weighted by atomic mass is 10.1. The van der Waals surface area contributed by atoms with Crippen molar-refractivity contribution in [3.05, 3.63) is 120 Å². The number of nitrogens with zero attached hydrogens (tertiary/aromatic N) is 2. The Hall–Kier alpha value is -3.99. The third-order valence-corrected chi connectivity index (χ3v) is 5.11. The normalized spacial score (nSPS) is 10.5. The Morgan fingerprint density at radius 2 is 1.00 bits per heavy atom. The molecule has 0 aliphatic rings. The van der Waals surface area contributed by atoms with Crippen LogP contribution in [0.15, 0.2) is 97.3 Å². The first-order valence-electron chi connectivity index (χ1n) is 10.6. The standard InChI is InChI=1S/C27H24N2O3/c30-27(31-25-23(13-7-19-28-25)17-15-21-9-3-1-4-10-21)32-26-24(14-8-20-29-26)18-16-22-11-5-2-6-12-22/h1-14,19-20H,15-18H2. The molecular formula is C27H24N2O3. The number of carbonyl (C=O) groups excluding carboxylic acids is 1. The minimum absolute atomic E-state index is 0.259. The first kappa shape index (κ1) is 21.2. The first-order valence-corrected chi connectivity index (χ1v) is 10.6. The van der Waals surface area contributed by atoms with Gasteiger partial charge in [-0.3, -0.25) is 0 Å². The molecule has 0 unspecified atom stereocenters. The molecule has 0 aliphatic carbocycles. The van der Waals surface area contributed by atoms with Crippen LogP contribution in [-0.4, -0.2) is 16.1 Å². The molecule has 4 rings (SSSR count). The van der Waals surface area contributed by atoms with E-state index in [-0.39, 0.29) is 11.8 Å². The molecule has 0 bridgehead atoms. The van der Waals surface area contributed by atoms with Crippen LogP contribution in [0.25, 0.3) is 0 Å². The Balaban J connectivity index is 1.39. The molecule has 0 spiro atoms. The summed E-state index contributed by atoms with van der Waals surface area (Å²) in [6.45, 7) is 0. The minimum Gasteiger partial charge on any atom is -0.375 e. The fourth-order valence-corrected chi connectivity index (χ4v) is 3.44. The molecule has 5 heteroatoms. The van der Waals surface area contributed by atoms with Crippen molar-refractivity contribution in [1.82, 2.24) is 9.97 Å². The van der Waals surface area contributed by atoms with Crippen molar-refractivity contribution in [2.75, 3.05) is 0 Å². The van der Waals surface area contributed by atoms with Gasteiger partial charge in [-0.25, -0.2) is 14.8 Å². The second-order valence-corrected chi connectivity index (χ2v) is 7.36. The van der Waals surface area contributed by atoms with Gasteiger partial charge in [0.05, 0.1) is 0 Å². The summed E-state index contributed by atoms with van der Waals surface area (Å²) in [4.78, 5) is 21.0. The van der Waals surface area contributed by atoms with E-state index in [2.05, 4.69) is 34.2 Å². The summed E-state index contributed by atoms with van der Waals surface area (Å²) >= 11 is 0. The highest BCUT2D eigenvalue weighted by Gasteiger charge is 2.16. The maximum Gasteiger partial charge on any atom is 0.522 e. The van der Waals surface area contributed by atoms with Gasteiger partial charge in [-0.2, -0.15) is 0 Å². The zero-order valence-corrected chi connectivity index (χ0v) is 17.7. The Bertz CT molecular complexity index is 1060. The molecule has 2 aromatic heterocycles. The van der Waals surface area contributed by atoms with E-state index >= 15 is 0 Å². The Labute approximate surface area is 187 Å². The number of pyridine rings is 2. The molecule has 0 aliphatic heterocycles. The van der Waals surface area contributed by atoms with Crippen molar-refractivity contribution in [3.63, 3.8) is 0 Å². The maximum atomic E-state index is 12.5. The van der Waals surface area contributed by atoms with Crippen LogP contribution in [0.3, 0.4) is 0 Å². The van der Waals surface area contributed by atoms with Gasteiger partial charge < -0.3 is 9.47 Å². The summed E-state index contributed by atoms with van der Waals surface area (Å²) in [5.74, 6) is 0.519. The first-order chi connectivity index (χ1) is 15.8. The van der Waals surface area contributed by atoms with E-state index in [1.54, 1.807) is 12.4 Å². The number of rotatable bonds is 8. The Morgan fingerprint density at radius 3 is 1.44 bits per heavy atom. The summed E-state index contributed by atoms with van der Waals surface area (Å²) in [5.41, 5.74) is 4.11. The molecule has 2 aromatic carbocycles. The van der Waals surface area contributed by atoms with Crippen molar-refractivity contribution in [1.29, 1.82) is 0 Å². The van der Waals surface area contributed by atoms with Crippen LogP contribution in [0.1, 0.15) is 22.3 Å². The average molecular weight is 425 g/mol. The third-order valence-electron chi connectivity index (χ3n) is 5.11. The van der Waals surface area contributed by atoms with Gasteiger partial charge in [0, 0.05) is 23.5 Å². The molecule has 5 nitrogen and oxygen atoms in total. The molecule has 0 N–H and O–H groups in total. The van der Waals surface area contributed by atoms with Crippen LogP contribution in [-0.2, 0) is 25.7 Å². The number of benzene rings is 2. The summed E-state index contributed by atoms with van der Waals surface area (Å²) in [5, 5.41) is 0. The van der Waals surface area contributed by atoms with Crippen LogP contribution in [0, 0.1) is 0 Å². The molecule has 160 valence electrons. The smallest absolute Gasteiger partial charge is 0.375 e. The van der Waals surface area contributed by atoms with Gasteiger partial charge in [0.2, 0.25) is 11.8 Å². The largest absolute Gasteiger partial charge is 0.522 e. The van der Waals surface area contributed by atoms with Crippen molar-refractivity contribution < 1.29 is 14.3 Å². The van der Waals surface area contributed by atoms with Gasteiger partial charge in [0.1, 0.15) is 0 Å². The monoisotopic (exact) mass is 424 g/mol. The van der Waals surface area contributed by atoms with E-state index in [4.69, 9.17) is 9.47 Å². The fourth-order valence-electron chi connectivity index (χ4n) is 3.44. The van der Waals surface area contributed by atoms with Gasteiger partial charge >= 0.3 is 6.16 Å². The Morgan fingerprint density at radius 1 is 0.562 bits per heavy atom. The lowest BCUT2D eigenvalue weighted by Gasteiger charge is -2.11. The molecule has 0 radical (unpaired) electrons. The maximum absolute atomic E-state index is 12.5. The molecule has 0 amide bonds. The van der Waals surface area contributed by atoms with Gasteiger partial charge in [-0.1, -0.05) is 72.8 Å². The molecule has 0 fully saturated rings.